The molecule has 30 heavy (non-hydrogen) atoms. The lowest BCUT2D eigenvalue weighted by Gasteiger charge is -2.36. The first-order chi connectivity index (χ1) is 14.5. The van der Waals surface area contributed by atoms with Crippen molar-refractivity contribution in [2.45, 2.75) is 13.8 Å². The molecule has 7 nitrogen and oxygen atoms in total. The maximum atomic E-state index is 13.2. The van der Waals surface area contributed by atoms with E-state index in [0.717, 1.165) is 30.2 Å². The number of nitrogens with zero attached hydrogens (tertiary/aromatic N) is 4. The summed E-state index contributed by atoms with van der Waals surface area (Å²) in [5.74, 6) is -1.09. The molecular weight excluding hydrogens is 380 g/mol. The molecule has 154 valence electrons. The quantitative estimate of drug-likeness (QED) is 0.723. The highest BCUT2D eigenvalue weighted by Gasteiger charge is 2.24. The van der Waals surface area contributed by atoms with Gasteiger partial charge in [0.05, 0.1) is 23.1 Å². The number of piperazine rings is 1. The van der Waals surface area contributed by atoms with E-state index < -0.39 is 5.97 Å². The van der Waals surface area contributed by atoms with Crippen molar-refractivity contribution in [3.63, 3.8) is 0 Å². The molecule has 1 aliphatic heterocycles. The molecule has 0 spiro atoms. The van der Waals surface area contributed by atoms with E-state index in [4.69, 9.17) is 0 Å². The number of aromatic carboxylic acids is 1. The van der Waals surface area contributed by atoms with Crippen molar-refractivity contribution in [1.29, 1.82) is 0 Å². The highest BCUT2D eigenvalue weighted by molar-refractivity contribution is 5.98. The molecule has 1 saturated heterocycles. The molecule has 2 aromatic heterocycles. The molecule has 3 aromatic rings. The van der Waals surface area contributed by atoms with Gasteiger partial charge in [0, 0.05) is 49.3 Å². The molecule has 1 amide bonds. The SMILES string of the molecule is Cc1ccc(C)n1-c1cc(C(=O)N2CCN(c3cccnc3)CC2)ccc1C(=O)O. The van der Waals surface area contributed by atoms with Crippen molar-refractivity contribution in [2.24, 2.45) is 0 Å². The van der Waals surface area contributed by atoms with E-state index in [9.17, 15) is 14.7 Å². The van der Waals surface area contributed by atoms with Crippen LogP contribution in [0.1, 0.15) is 32.1 Å². The first-order valence-corrected chi connectivity index (χ1v) is 9.92. The molecule has 4 rings (SSSR count). The lowest BCUT2D eigenvalue weighted by molar-refractivity contribution is 0.0693. The molecule has 0 saturated carbocycles. The van der Waals surface area contributed by atoms with E-state index in [1.165, 1.54) is 6.07 Å². The molecule has 0 atom stereocenters. The fourth-order valence-corrected chi connectivity index (χ4v) is 3.97. The van der Waals surface area contributed by atoms with E-state index in [0.29, 0.717) is 24.3 Å². The Labute approximate surface area is 175 Å². The summed E-state index contributed by atoms with van der Waals surface area (Å²) in [5, 5.41) is 9.64. The van der Waals surface area contributed by atoms with Crippen molar-refractivity contribution in [1.82, 2.24) is 14.5 Å². The average molecular weight is 404 g/mol. The van der Waals surface area contributed by atoms with Gasteiger partial charge in [-0.05, 0) is 56.3 Å². The number of aromatic nitrogens is 2. The summed E-state index contributed by atoms with van der Waals surface area (Å²) in [5.41, 5.74) is 4.08. The average Bonchev–Trinajstić information content (AvgIpc) is 3.11. The summed E-state index contributed by atoms with van der Waals surface area (Å²) in [6, 6.07) is 12.6. The summed E-state index contributed by atoms with van der Waals surface area (Å²) in [7, 11) is 0. The van der Waals surface area contributed by atoms with Crippen molar-refractivity contribution in [3.05, 3.63) is 77.4 Å². The summed E-state index contributed by atoms with van der Waals surface area (Å²) < 4.78 is 1.88. The molecular formula is C23H24N4O3. The standard InChI is InChI=1S/C23H24N4O3/c1-16-5-6-17(2)27(16)21-14-18(7-8-20(21)23(29)30)22(28)26-12-10-25(11-13-26)19-4-3-9-24-15-19/h3-9,14-15H,10-13H2,1-2H3,(H,29,30). The molecule has 0 unspecified atom stereocenters. The topological polar surface area (TPSA) is 78.7 Å². The van der Waals surface area contributed by atoms with Gasteiger partial charge in [0.15, 0.2) is 0 Å². The third kappa shape index (κ3) is 3.66. The van der Waals surface area contributed by atoms with Gasteiger partial charge in [0.2, 0.25) is 0 Å². The number of aryl methyl sites for hydroxylation is 2. The maximum Gasteiger partial charge on any atom is 0.337 e. The van der Waals surface area contributed by atoms with Gasteiger partial charge in [-0.2, -0.15) is 0 Å². The number of anilines is 1. The van der Waals surface area contributed by atoms with Gasteiger partial charge >= 0.3 is 5.97 Å². The van der Waals surface area contributed by atoms with E-state index >= 15 is 0 Å². The minimum absolute atomic E-state index is 0.0820. The number of hydrogen-bond acceptors (Lipinski definition) is 4. The zero-order valence-corrected chi connectivity index (χ0v) is 17.1. The molecule has 1 fully saturated rings. The number of rotatable bonds is 4. The van der Waals surface area contributed by atoms with Crippen molar-refractivity contribution < 1.29 is 14.7 Å². The number of carboxylic acid groups (broad SMARTS) is 1. The second kappa shape index (κ2) is 8.02. The van der Waals surface area contributed by atoms with Gasteiger partial charge in [0.1, 0.15) is 0 Å². The molecule has 7 heteroatoms. The normalized spacial score (nSPS) is 14.1. The molecule has 1 aliphatic rings. The van der Waals surface area contributed by atoms with Crippen LogP contribution in [0.4, 0.5) is 5.69 Å². The smallest absolute Gasteiger partial charge is 0.337 e. The van der Waals surface area contributed by atoms with Crippen LogP contribution in [-0.2, 0) is 0 Å². The summed E-state index contributed by atoms with van der Waals surface area (Å²) in [4.78, 5) is 33.1. The van der Waals surface area contributed by atoms with Crippen LogP contribution in [0, 0.1) is 13.8 Å². The van der Waals surface area contributed by atoms with Gasteiger partial charge < -0.3 is 19.5 Å². The molecule has 3 heterocycles. The number of hydrogen-bond donors (Lipinski definition) is 1. The van der Waals surface area contributed by atoms with E-state index in [1.807, 2.05) is 53.8 Å². The second-order valence-electron chi connectivity index (χ2n) is 7.48. The van der Waals surface area contributed by atoms with Gasteiger partial charge in [-0.1, -0.05) is 0 Å². The minimum atomic E-state index is -1.01. The predicted molar refractivity (Wildman–Crippen MR) is 115 cm³/mol. The van der Waals surface area contributed by atoms with Crippen LogP contribution >= 0.6 is 0 Å². The van der Waals surface area contributed by atoms with Crippen LogP contribution in [0.3, 0.4) is 0 Å². The Bertz CT molecular complexity index is 1060. The number of carboxylic acids is 1. The van der Waals surface area contributed by atoms with Crippen molar-refractivity contribution in [2.75, 3.05) is 31.1 Å². The largest absolute Gasteiger partial charge is 0.478 e. The first-order valence-electron chi connectivity index (χ1n) is 9.92. The molecule has 1 N–H and O–H groups in total. The highest BCUT2D eigenvalue weighted by Crippen LogP contribution is 2.23. The van der Waals surface area contributed by atoms with Crippen LogP contribution < -0.4 is 4.90 Å². The van der Waals surface area contributed by atoms with E-state index in [-0.39, 0.29) is 11.5 Å². The van der Waals surface area contributed by atoms with Crippen LogP contribution in [0.15, 0.2) is 54.9 Å². The van der Waals surface area contributed by atoms with Crippen LogP contribution in [0.25, 0.3) is 5.69 Å². The Balaban J connectivity index is 1.58. The lowest BCUT2D eigenvalue weighted by Crippen LogP contribution is -2.48. The predicted octanol–water partition coefficient (Wildman–Crippen LogP) is 3.15. The Morgan fingerprint density at radius 3 is 2.27 bits per heavy atom. The summed E-state index contributed by atoms with van der Waals surface area (Å²) in [6.07, 6.45) is 3.58. The third-order valence-corrected chi connectivity index (χ3v) is 5.57. The second-order valence-corrected chi connectivity index (χ2v) is 7.48. The number of amides is 1. The number of pyridine rings is 1. The Hall–Kier alpha value is -3.61. The number of carbonyl (C=O) groups excluding carboxylic acids is 1. The number of benzene rings is 1. The molecule has 0 aliphatic carbocycles. The molecule has 0 radical (unpaired) electrons. The van der Waals surface area contributed by atoms with Gasteiger partial charge in [0.25, 0.3) is 5.91 Å². The maximum absolute atomic E-state index is 13.2. The Kier molecular flexibility index (Phi) is 5.27. The molecule has 1 aromatic carbocycles. The summed E-state index contributed by atoms with van der Waals surface area (Å²) >= 11 is 0. The summed E-state index contributed by atoms with van der Waals surface area (Å²) in [6.45, 7) is 6.51. The zero-order valence-electron chi connectivity index (χ0n) is 17.1. The fraction of sp³-hybridized carbons (Fsp3) is 0.261. The van der Waals surface area contributed by atoms with Gasteiger partial charge in [-0.25, -0.2) is 4.79 Å². The Morgan fingerprint density at radius 2 is 1.67 bits per heavy atom. The first kappa shape index (κ1) is 19.7. The lowest BCUT2D eigenvalue weighted by atomic mass is 10.1. The fourth-order valence-electron chi connectivity index (χ4n) is 3.97. The number of carbonyl (C=O) groups is 2. The van der Waals surface area contributed by atoms with E-state index in [1.54, 1.807) is 18.3 Å². The third-order valence-electron chi connectivity index (χ3n) is 5.57. The van der Waals surface area contributed by atoms with Crippen molar-refractivity contribution in [3.8, 4) is 5.69 Å². The van der Waals surface area contributed by atoms with Crippen LogP contribution in [-0.4, -0.2) is 57.6 Å². The molecule has 0 bridgehead atoms. The van der Waals surface area contributed by atoms with Gasteiger partial charge in [-0.3, -0.25) is 9.78 Å². The van der Waals surface area contributed by atoms with Crippen molar-refractivity contribution >= 4 is 17.6 Å². The van der Waals surface area contributed by atoms with E-state index in [2.05, 4.69) is 9.88 Å². The van der Waals surface area contributed by atoms with Gasteiger partial charge in [-0.15, -0.1) is 0 Å². The minimum Gasteiger partial charge on any atom is -0.478 e. The van der Waals surface area contributed by atoms with Crippen LogP contribution in [0.2, 0.25) is 0 Å². The Morgan fingerprint density at radius 1 is 0.967 bits per heavy atom. The monoisotopic (exact) mass is 404 g/mol. The zero-order chi connectivity index (χ0) is 21.3. The highest BCUT2D eigenvalue weighted by atomic mass is 16.4. The van der Waals surface area contributed by atoms with Crippen LogP contribution in [0.5, 0.6) is 0 Å².